The number of hydrogen-bond donors (Lipinski definition) is 0. The minimum Gasteiger partial charge on any atom is -0.311 e. The Morgan fingerprint density at radius 2 is 2.04 bits per heavy atom. The van der Waals surface area contributed by atoms with E-state index in [0.29, 0.717) is 16.9 Å². The molecule has 0 saturated carbocycles. The van der Waals surface area contributed by atoms with Crippen molar-refractivity contribution in [2.75, 3.05) is 0 Å². The third kappa shape index (κ3) is 2.15. The predicted molar refractivity (Wildman–Crippen MR) is 94.7 cm³/mol. The van der Waals surface area contributed by atoms with Crippen LogP contribution < -0.4 is 11.2 Å². The number of aromatic nitrogens is 5. The Labute approximate surface area is 139 Å². The molecule has 0 fully saturated rings. The highest BCUT2D eigenvalue weighted by molar-refractivity contribution is 5.75. The molecule has 1 atom stereocenters. The fraction of sp³-hybridized carbons (Fsp3) is 0.471. The average Bonchev–Trinajstić information content (AvgIpc) is 3.03. The highest BCUT2D eigenvalue weighted by atomic mass is 16.2. The lowest BCUT2D eigenvalue weighted by atomic mass is 10.2. The van der Waals surface area contributed by atoms with Crippen LogP contribution in [0.3, 0.4) is 0 Å². The third-order valence-corrected chi connectivity index (χ3v) is 4.53. The second kappa shape index (κ2) is 5.51. The summed E-state index contributed by atoms with van der Waals surface area (Å²) >= 11 is 0. The Morgan fingerprint density at radius 1 is 1.38 bits per heavy atom. The van der Waals surface area contributed by atoms with Gasteiger partial charge < -0.3 is 4.57 Å². The lowest BCUT2D eigenvalue weighted by Crippen LogP contribution is -2.39. The Morgan fingerprint density at radius 3 is 2.62 bits per heavy atom. The number of imidazole rings is 2. The fourth-order valence-corrected chi connectivity index (χ4v) is 3.16. The molecule has 7 heteroatoms. The molecule has 0 N–H and O–H groups in total. The van der Waals surface area contributed by atoms with Crippen LogP contribution in [0.2, 0.25) is 0 Å². The number of hydrogen-bond acceptors (Lipinski definition) is 3. The lowest BCUT2D eigenvalue weighted by molar-refractivity contribution is 0.532. The van der Waals surface area contributed by atoms with Gasteiger partial charge in [0.1, 0.15) is 0 Å². The van der Waals surface area contributed by atoms with Crippen LogP contribution in [0.5, 0.6) is 0 Å². The van der Waals surface area contributed by atoms with E-state index in [4.69, 9.17) is 0 Å². The first-order valence-corrected chi connectivity index (χ1v) is 8.11. The molecule has 0 aromatic carbocycles. The van der Waals surface area contributed by atoms with Gasteiger partial charge in [-0.2, -0.15) is 4.98 Å². The smallest absolute Gasteiger partial charge is 0.311 e. The maximum atomic E-state index is 12.9. The minimum atomic E-state index is -0.372. The van der Waals surface area contributed by atoms with Crippen LogP contribution in [-0.4, -0.2) is 23.1 Å². The number of fused-ring (bicyclic) bond motifs is 3. The molecule has 0 aliphatic heterocycles. The molecular weight excluding hydrogens is 306 g/mol. The molecule has 0 saturated heterocycles. The summed E-state index contributed by atoms with van der Waals surface area (Å²) < 4.78 is 6.55. The SMILES string of the molecule is C=C(C)Cn1c(=O)c2c(nc3n(C(C)CC)c(C)cn23)n(C)c1=O. The Bertz CT molecular complexity index is 1080. The summed E-state index contributed by atoms with van der Waals surface area (Å²) in [6, 6.07) is 0.258. The summed E-state index contributed by atoms with van der Waals surface area (Å²) in [4.78, 5) is 30.0. The van der Waals surface area contributed by atoms with E-state index in [1.165, 1.54) is 9.13 Å². The molecule has 3 aromatic rings. The average molecular weight is 329 g/mol. The zero-order valence-electron chi connectivity index (χ0n) is 14.8. The minimum absolute atomic E-state index is 0.208. The number of aryl methyl sites for hydroxylation is 2. The van der Waals surface area contributed by atoms with Crippen molar-refractivity contribution >= 4 is 16.9 Å². The van der Waals surface area contributed by atoms with Gasteiger partial charge in [-0.1, -0.05) is 19.1 Å². The molecule has 3 aromatic heterocycles. The van der Waals surface area contributed by atoms with Gasteiger partial charge in [0.05, 0.1) is 6.54 Å². The maximum absolute atomic E-state index is 12.9. The quantitative estimate of drug-likeness (QED) is 0.688. The van der Waals surface area contributed by atoms with Gasteiger partial charge in [-0.05, 0) is 27.2 Å². The van der Waals surface area contributed by atoms with Crippen molar-refractivity contribution in [2.24, 2.45) is 7.05 Å². The van der Waals surface area contributed by atoms with E-state index < -0.39 is 0 Å². The molecular formula is C17H23N5O2. The molecule has 0 amide bonds. The van der Waals surface area contributed by atoms with Crippen LogP contribution in [0.15, 0.2) is 27.9 Å². The van der Waals surface area contributed by atoms with E-state index in [0.717, 1.165) is 17.7 Å². The van der Waals surface area contributed by atoms with E-state index in [1.54, 1.807) is 18.4 Å². The van der Waals surface area contributed by atoms with Gasteiger partial charge in [-0.15, -0.1) is 0 Å². The molecule has 0 bridgehead atoms. The first-order chi connectivity index (χ1) is 11.3. The molecule has 7 nitrogen and oxygen atoms in total. The molecule has 128 valence electrons. The molecule has 0 radical (unpaired) electrons. The van der Waals surface area contributed by atoms with Crippen molar-refractivity contribution in [2.45, 2.75) is 46.7 Å². The molecule has 1 unspecified atom stereocenters. The van der Waals surface area contributed by atoms with Crippen molar-refractivity contribution in [3.63, 3.8) is 0 Å². The lowest BCUT2D eigenvalue weighted by Gasteiger charge is -2.12. The van der Waals surface area contributed by atoms with Crippen molar-refractivity contribution in [3.05, 3.63) is 44.9 Å². The summed E-state index contributed by atoms with van der Waals surface area (Å²) in [5.74, 6) is 0.692. The monoisotopic (exact) mass is 329 g/mol. The summed E-state index contributed by atoms with van der Waals surface area (Å²) in [5, 5.41) is 0. The zero-order valence-corrected chi connectivity index (χ0v) is 14.8. The predicted octanol–water partition coefficient (Wildman–Crippen LogP) is 2.00. The van der Waals surface area contributed by atoms with Crippen LogP contribution in [-0.2, 0) is 13.6 Å². The van der Waals surface area contributed by atoms with Gasteiger partial charge in [-0.3, -0.25) is 18.3 Å². The van der Waals surface area contributed by atoms with Crippen LogP contribution in [0.25, 0.3) is 16.9 Å². The number of rotatable bonds is 4. The fourth-order valence-electron chi connectivity index (χ4n) is 3.16. The molecule has 24 heavy (non-hydrogen) atoms. The Hall–Kier alpha value is -2.57. The first kappa shape index (κ1) is 16.3. The molecule has 0 aliphatic carbocycles. The van der Waals surface area contributed by atoms with Crippen molar-refractivity contribution in [3.8, 4) is 0 Å². The van der Waals surface area contributed by atoms with E-state index in [9.17, 15) is 9.59 Å². The third-order valence-electron chi connectivity index (χ3n) is 4.53. The molecule has 3 heterocycles. The summed E-state index contributed by atoms with van der Waals surface area (Å²) in [5.41, 5.74) is 1.93. The maximum Gasteiger partial charge on any atom is 0.332 e. The van der Waals surface area contributed by atoms with Gasteiger partial charge >= 0.3 is 5.69 Å². The zero-order chi connectivity index (χ0) is 17.8. The second-order valence-electron chi connectivity index (χ2n) is 6.54. The van der Waals surface area contributed by atoms with Crippen LogP contribution in [0.1, 0.15) is 38.9 Å². The van der Waals surface area contributed by atoms with Crippen molar-refractivity contribution in [1.29, 1.82) is 0 Å². The first-order valence-electron chi connectivity index (χ1n) is 8.11. The van der Waals surface area contributed by atoms with Gasteiger partial charge in [0.2, 0.25) is 5.78 Å². The Balaban J connectivity index is 2.48. The van der Waals surface area contributed by atoms with Crippen LogP contribution in [0.4, 0.5) is 0 Å². The van der Waals surface area contributed by atoms with Gasteiger partial charge in [0, 0.05) is 25.0 Å². The van der Waals surface area contributed by atoms with Gasteiger partial charge in [-0.25, -0.2) is 4.79 Å². The number of nitrogens with zero attached hydrogens (tertiary/aromatic N) is 5. The summed E-state index contributed by atoms with van der Waals surface area (Å²) in [7, 11) is 1.64. The van der Waals surface area contributed by atoms with Crippen LogP contribution >= 0.6 is 0 Å². The van der Waals surface area contributed by atoms with E-state index in [-0.39, 0.29) is 23.8 Å². The largest absolute Gasteiger partial charge is 0.332 e. The van der Waals surface area contributed by atoms with E-state index in [1.807, 2.05) is 13.1 Å². The highest BCUT2D eigenvalue weighted by Crippen LogP contribution is 2.22. The normalized spacial score (nSPS) is 13.0. The van der Waals surface area contributed by atoms with Crippen LogP contribution in [0, 0.1) is 6.92 Å². The molecule has 3 rings (SSSR count). The summed E-state index contributed by atoms with van der Waals surface area (Å²) in [6.45, 7) is 12.0. The van der Waals surface area contributed by atoms with Gasteiger partial charge in [0.25, 0.3) is 5.56 Å². The van der Waals surface area contributed by atoms with E-state index >= 15 is 0 Å². The summed E-state index contributed by atoms with van der Waals surface area (Å²) in [6.07, 6.45) is 2.86. The topological polar surface area (TPSA) is 66.2 Å². The number of allylic oxidation sites excluding steroid dienone is 1. The van der Waals surface area contributed by atoms with Crippen molar-refractivity contribution < 1.29 is 0 Å². The standard InChI is InChI=1S/C17H23N5O2/c1-7-11(4)22-12(5)9-20-13-14(18-16(20)22)19(6)17(24)21(15(13)23)8-10(2)3/h9,11H,2,7-8H2,1,3-6H3. The van der Waals surface area contributed by atoms with Gasteiger partial charge in [0.15, 0.2) is 11.2 Å². The van der Waals surface area contributed by atoms with E-state index in [2.05, 4.69) is 30.0 Å². The molecule has 0 spiro atoms. The van der Waals surface area contributed by atoms with Crippen molar-refractivity contribution in [1.82, 2.24) is 23.1 Å². The second-order valence-corrected chi connectivity index (χ2v) is 6.54. The highest BCUT2D eigenvalue weighted by Gasteiger charge is 2.21. The Kier molecular flexibility index (Phi) is 3.74. The molecule has 0 aliphatic rings.